The van der Waals surface area contributed by atoms with E-state index in [0.29, 0.717) is 0 Å². The summed E-state index contributed by atoms with van der Waals surface area (Å²) in [5.74, 6) is 1.06. The molecule has 0 radical (unpaired) electrons. The molecule has 2 rings (SSSR count). The summed E-state index contributed by atoms with van der Waals surface area (Å²) in [5, 5.41) is 0. The molecule has 4 nitrogen and oxygen atoms in total. The molecule has 1 atom stereocenters. The van der Waals surface area contributed by atoms with Crippen molar-refractivity contribution in [3.8, 4) is 0 Å². The average Bonchev–Trinajstić information content (AvgIpc) is 2.38. The van der Waals surface area contributed by atoms with Gasteiger partial charge in [0.1, 0.15) is 5.82 Å². The molecule has 106 valence electrons. The van der Waals surface area contributed by atoms with Crippen LogP contribution >= 0.6 is 0 Å². The van der Waals surface area contributed by atoms with E-state index in [1.54, 1.807) is 0 Å². The second kappa shape index (κ2) is 5.47. The summed E-state index contributed by atoms with van der Waals surface area (Å²) < 4.78 is 0. The van der Waals surface area contributed by atoms with Crippen LogP contribution in [0.4, 0.5) is 5.82 Å². The van der Waals surface area contributed by atoms with Crippen LogP contribution in [0.3, 0.4) is 0 Å². The Labute approximate surface area is 116 Å². The highest BCUT2D eigenvalue weighted by Crippen LogP contribution is 2.25. The fourth-order valence-corrected chi connectivity index (χ4v) is 2.62. The smallest absolute Gasteiger partial charge is 0.133 e. The minimum atomic E-state index is 0.0318. The van der Waals surface area contributed by atoms with E-state index in [0.717, 1.165) is 37.6 Å². The Kier molecular flexibility index (Phi) is 4.11. The molecule has 4 heteroatoms. The molecule has 1 aromatic heterocycles. The molecular weight excluding hydrogens is 236 g/mol. The molecule has 1 aliphatic heterocycles. The SMILES string of the molecule is C[C@H](N)c1cccnc1N1CCN(C(C)(C)C)CC1. The lowest BCUT2D eigenvalue weighted by molar-refractivity contribution is 0.128. The zero-order valence-corrected chi connectivity index (χ0v) is 12.6. The minimum Gasteiger partial charge on any atom is -0.354 e. The van der Waals surface area contributed by atoms with Crippen LogP contribution in [0.1, 0.15) is 39.3 Å². The molecule has 0 amide bonds. The van der Waals surface area contributed by atoms with Gasteiger partial charge >= 0.3 is 0 Å². The maximum atomic E-state index is 6.04. The lowest BCUT2D eigenvalue weighted by Crippen LogP contribution is -2.53. The summed E-state index contributed by atoms with van der Waals surface area (Å²) in [5.41, 5.74) is 7.44. The van der Waals surface area contributed by atoms with Crippen LogP contribution in [-0.2, 0) is 0 Å². The van der Waals surface area contributed by atoms with Crippen molar-refractivity contribution >= 4 is 5.82 Å². The Bertz CT molecular complexity index is 414. The van der Waals surface area contributed by atoms with Crippen LogP contribution < -0.4 is 10.6 Å². The fourth-order valence-electron chi connectivity index (χ4n) is 2.62. The molecule has 1 fully saturated rings. The summed E-state index contributed by atoms with van der Waals surface area (Å²) in [7, 11) is 0. The molecule has 2 N–H and O–H groups in total. The topological polar surface area (TPSA) is 45.4 Å². The highest BCUT2D eigenvalue weighted by molar-refractivity contribution is 5.48. The average molecular weight is 262 g/mol. The molecule has 0 saturated carbocycles. The maximum absolute atomic E-state index is 6.04. The Balaban J connectivity index is 2.10. The summed E-state index contributed by atoms with van der Waals surface area (Å²) in [6.45, 7) is 13.1. The molecule has 0 spiro atoms. The highest BCUT2D eigenvalue weighted by Gasteiger charge is 2.27. The molecule has 0 bridgehead atoms. The van der Waals surface area contributed by atoms with Gasteiger partial charge in [-0.3, -0.25) is 4.90 Å². The molecule has 0 aliphatic carbocycles. The Morgan fingerprint density at radius 2 is 1.84 bits per heavy atom. The molecule has 0 unspecified atom stereocenters. The van der Waals surface area contributed by atoms with Crippen molar-refractivity contribution < 1.29 is 0 Å². The van der Waals surface area contributed by atoms with Crippen molar-refractivity contribution in [1.29, 1.82) is 0 Å². The van der Waals surface area contributed by atoms with E-state index in [2.05, 4.69) is 41.6 Å². The van der Waals surface area contributed by atoms with Crippen molar-refractivity contribution in [3.05, 3.63) is 23.9 Å². The van der Waals surface area contributed by atoms with Crippen LogP contribution in [0.25, 0.3) is 0 Å². The van der Waals surface area contributed by atoms with Crippen LogP contribution in [-0.4, -0.2) is 41.6 Å². The molecule has 1 saturated heterocycles. The normalized spacial score (nSPS) is 19.5. The minimum absolute atomic E-state index is 0.0318. The lowest BCUT2D eigenvalue weighted by Gasteiger charge is -2.43. The van der Waals surface area contributed by atoms with Gasteiger partial charge in [0.25, 0.3) is 0 Å². The van der Waals surface area contributed by atoms with Crippen molar-refractivity contribution in [2.75, 3.05) is 31.1 Å². The molecule has 19 heavy (non-hydrogen) atoms. The number of rotatable bonds is 2. The van der Waals surface area contributed by atoms with Gasteiger partial charge in [0.2, 0.25) is 0 Å². The van der Waals surface area contributed by atoms with Crippen molar-refractivity contribution in [1.82, 2.24) is 9.88 Å². The first-order valence-electron chi connectivity index (χ1n) is 7.10. The van der Waals surface area contributed by atoms with Gasteiger partial charge < -0.3 is 10.6 Å². The largest absolute Gasteiger partial charge is 0.354 e. The second-order valence-corrected chi connectivity index (χ2v) is 6.35. The number of nitrogens with zero attached hydrogens (tertiary/aromatic N) is 3. The first-order valence-corrected chi connectivity index (χ1v) is 7.10. The molecule has 1 aromatic rings. The van der Waals surface area contributed by atoms with Gasteiger partial charge in [-0.15, -0.1) is 0 Å². The highest BCUT2D eigenvalue weighted by atomic mass is 15.3. The van der Waals surface area contributed by atoms with Crippen LogP contribution in [0, 0.1) is 0 Å². The second-order valence-electron chi connectivity index (χ2n) is 6.35. The van der Waals surface area contributed by atoms with Crippen LogP contribution in [0.2, 0.25) is 0 Å². The van der Waals surface area contributed by atoms with Gasteiger partial charge in [-0.25, -0.2) is 4.98 Å². The van der Waals surface area contributed by atoms with Crippen molar-refractivity contribution in [2.24, 2.45) is 5.73 Å². The first-order chi connectivity index (χ1) is 8.89. The van der Waals surface area contributed by atoms with Gasteiger partial charge in [-0.2, -0.15) is 0 Å². The summed E-state index contributed by atoms with van der Waals surface area (Å²) >= 11 is 0. The number of piperazine rings is 1. The van der Waals surface area contributed by atoms with E-state index in [1.807, 2.05) is 19.2 Å². The number of nitrogens with two attached hydrogens (primary N) is 1. The quantitative estimate of drug-likeness (QED) is 0.885. The summed E-state index contributed by atoms with van der Waals surface area (Å²) in [6.07, 6.45) is 1.86. The third-order valence-electron chi connectivity index (χ3n) is 3.84. The molecule has 0 aromatic carbocycles. The van der Waals surface area contributed by atoms with E-state index in [4.69, 9.17) is 5.73 Å². The van der Waals surface area contributed by atoms with E-state index >= 15 is 0 Å². The number of aromatic nitrogens is 1. The maximum Gasteiger partial charge on any atom is 0.133 e. The number of hydrogen-bond acceptors (Lipinski definition) is 4. The first kappa shape index (κ1) is 14.3. The predicted molar refractivity (Wildman–Crippen MR) is 80.4 cm³/mol. The Morgan fingerprint density at radius 1 is 1.21 bits per heavy atom. The number of anilines is 1. The van der Waals surface area contributed by atoms with Gasteiger partial charge in [0, 0.05) is 49.5 Å². The third kappa shape index (κ3) is 3.25. The fraction of sp³-hybridized carbons (Fsp3) is 0.667. The predicted octanol–water partition coefficient (Wildman–Crippen LogP) is 2.02. The molecular formula is C15H26N4. The number of hydrogen-bond donors (Lipinski definition) is 1. The lowest BCUT2D eigenvalue weighted by atomic mass is 10.0. The molecule has 2 heterocycles. The van der Waals surface area contributed by atoms with Crippen molar-refractivity contribution in [2.45, 2.75) is 39.3 Å². The van der Waals surface area contributed by atoms with Gasteiger partial charge in [-0.1, -0.05) is 6.07 Å². The van der Waals surface area contributed by atoms with Gasteiger partial charge in [-0.05, 0) is 33.8 Å². The summed E-state index contributed by atoms with van der Waals surface area (Å²) in [4.78, 5) is 9.43. The monoisotopic (exact) mass is 262 g/mol. The van der Waals surface area contributed by atoms with Crippen molar-refractivity contribution in [3.63, 3.8) is 0 Å². The summed E-state index contributed by atoms with van der Waals surface area (Å²) in [6, 6.07) is 4.08. The molecule has 1 aliphatic rings. The van der Waals surface area contributed by atoms with Crippen LogP contribution in [0.15, 0.2) is 18.3 Å². The third-order valence-corrected chi connectivity index (χ3v) is 3.84. The zero-order chi connectivity index (χ0) is 14.0. The van der Waals surface area contributed by atoms with Gasteiger partial charge in [0.15, 0.2) is 0 Å². The standard InChI is InChI=1S/C15H26N4/c1-12(16)13-6-5-7-17-14(13)18-8-10-19(11-9-18)15(2,3)4/h5-7,12H,8-11,16H2,1-4H3/t12-/m0/s1. The van der Waals surface area contributed by atoms with Gasteiger partial charge in [0.05, 0.1) is 0 Å². The van der Waals surface area contributed by atoms with E-state index < -0.39 is 0 Å². The van der Waals surface area contributed by atoms with E-state index in [9.17, 15) is 0 Å². The Morgan fingerprint density at radius 3 is 2.37 bits per heavy atom. The van der Waals surface area contributed by atoms with E-state index in [-0.39, 0.29) is 11.6 Å². The number of pyridine rings is 1. The Hall–Kier alpha value is -1.13. The zero-order valence-electron chi connectivity index (χ0n) is 12.6. The van der Waals surface area contributed by atoms with Crippen LogP contribution in [0.5, 0.6) is 0 Å². The van der Waals surface area contributed by atoms with E-state index in [1.165, 1.54) is 0 Å².